The van der Waals surface area contributed by atoms with Crippen molar-refractivity contribution in [2.45, 2.75) is 19.3 Å². The molecular formula is C19H19NO. The molecule has 2 atom stereocenters. The molecule has 1 N–H and O–H groups in total. The van der Waals surface area contributed by atoms with Gasteiger partial charge in [0.25, 0.3) is 0 Å². The fraction of sp³-hybridized carbons (Fsp3) is 0.316. The zero-order valence-electron chi connectivity index (χ0n) is 12.0. The molecule has 0 radical (unpaired) electrons. The molecule has 2 aromatic carbocycles. The van der Waals surface area contributed by atoms with Crippen LogP contribution in [0.15, 0.2) is 54.6 Å². The van der Waals surface area contributed by atoms with Crippen molar-refractivity contribution in [1.82, 2.24) is 0 Å². The fourth-order valence-corrected chi connectivity index (χ4v) is 3.55. The van der Waals surface area contributed by atoms with Gasteiger partial charge in [-0.3, -0.25) is 4.79 Å². The topological polar surface area (TPSA) is 29.1 Å². The molecule has 0 aliphatic heterocycles. The van der Waals surface area contributed by atoms with Crippen molar-refractivity contribution >= 4 is 11.6 Å². The highest BCUT2D eigenvalue weighted by Gasteiger charge is 2.47. The number of amides is 1. The van der Waals surface area contributed by atoms with Crippen LogP contribution in [0.25, 0.3) is 11.1 Å². The number of rotatable bonds is 3. The van der Waals surface area contributed by atoms with Crippen LogP contribution in [0.3, 0.4) is 0 Å². The quantitative estimate of drug-likeness (QED) is 0.888. The third kappa shape index (κ3) is 2.58. The summed E-state index contributed by atoms with van der Waals surface area (Å²) in [6.07, 6.45) is 3.55. The maximum absolute atomic E-state index is 12.2. The first-order chi connectivity index (χ1) is 10.3. The molecule has 0 aromatic heterocycles. The van der Waals surface area contributed by atoms with Crippen LogP contribution in [0.4, 0.5) is 5.69 Å². The fourth-order valence-electron chi connectivity index (χ4n) is 3.55. The monoisotopic (exact) mass is 277 g/mol. The second-order valence-corrected chi connectivity index (χ2v) is 6.36. The van der Waals surface area contributed by atoms with Crippen molar-refractivity contribution in [2.24, 2.45) is 17.8 Å². The maximum Gasteiger partial charge on any atom is 0.227 e. The Morgan fingerprint density at radius 3 is 2.10 bits per heavy atom. The summed E-state index contributed by atoms with van der Waals surface area (Å²) < 4.78 is 0. The third-order valence-corrected chi connectivity index (χ3v) is 4.87. The Bertz CT molecular complexity index is 637. The Kier molecular flexibility index (Phi) is 3.03. The van der Waals surface area contributed by atoms with Crippen LogP contribution >= 0.6 is 0 Å². The predicted octanol–water partition coefficient (Wildman–Crippen LogP) is 4.34. The Balaban J connectivity index is 1.43. The van der Waals surface area contributed by atoms with Gasteiger partial charge in [-0.05, 0) is 54.4 Å². The number of hydrogen-bond acceptors (Lipinski definition) is 1. The molecule has 2 saturated carbocycles. The zero-order valence-corrected chi connectivity index (χ0v) is 12.0. The highest BCUT2D eigenvalue weighted by atomic mass is 16.1. The van der Waals surface area contributed by atoms with Gasteiger partial charge in [-0.15, -0.1) is 0 Å². The summed E-state index contributed by atoms with van der Waals surface area (Å²) in [5.74, 6) is 2.14. The summed E-state index contributed by atoms with van der Waals surface area (Å²) in [6, 6.07) is 18.4. The first-order valence-corrected chi connectivity index (χ1v) is 7.76. The number of carbonyl (C=O) groups excluding carboxylic acids is 1. The van der Waals surface area contributed by atoms with E-state index in [-0.39, 0.29) is 11.8 Å². The molecule has 2 aliphatic rings. The van der Waals surface area contributed by atoms with Crippen molar-refractivity contribution in [3.05, 3.63) is 54.6 Å². The number of anilines is 1. The average molecular weight is 277 g/mol. The van der Waals surface area contributed by atoms with Gasteiger partial charge < -0.3 is 5.32 Å². The molecule has 0 bridgehead atoms. The third-order valence-electron chi connectivity index (χ3n) is 4.87. The minimum Gasteiger partial charge on any atom is -0.326 e. The molecule has 2 nitrogen and oxygen atoms in total. The van der Waals surface area contributed by atoms with Gasteiger partial charge in [0.1, 0.15) is 0 Å². The van der Waals surface area contributed by atoms with Crippen molar-refractivity contribution in [2.75, 3.05) is 5.32 Å². The van der Waals surface area contributed by atoms with Crippen molar-refractivity contribution in [1.29, 1.82) is 0 Å². The van der Waals surface area contributed by atoms with Gasteiger partial charge in [0.2, 0.25) is 5.91 Å². The number of carbonyl (C=O) groups is 1. The number of benzene rings is 2. The number of fused-ring (bicyclic) bond motifs is 1. The van der Waals surface area contributed by atoms with Gasteiger partial charge in [-0.2, -0.15) is 0 Å². The number of hydrogen-bond donors (Lipinski definition) is 1. The molecule has 2 heteroatoms. The van der Waals surface area contributed by atoms with E-state index in [4.69, 9.17) is 0 Å². The van der Waals surface area contributed by atoms with Crippen molar-refractivity contribution < 1.29 is 4.79 Å². The lowest BCUT2D eigenvalue weighted by Crippen LogP contribution is -2.21. The molecule has 2 unspecified atom stereocenters. The SMILES string of the molecule is O=C(Nc1ccc(-c2ccccc2)cc1)C1CC2CC2C1. The minimum absolute atomic E-state index is 0.203. The molecular weight excluding hydrogens is 258 g/mol. The van der Waals surface area contributed by atoms with Crippen LogP contribution in [0.1, 0.15) is 19.3 Å². The highest BCUT2D eigenvalue weighted by Crippen LogP contribution is 2.54. The van der Waals surface area contributed by atoms with E-state index in [1.807, 2.05) is 30.3 Å². The number of nitrogens with one attached hydrogen (secondary N) is 1. The first-order valence-electron chi connectivity index (χ1n) is 7.76. The standard InChI is InChI=1S/C19H19NO/c21-19(17-11-15-10-16(15)12-17)20-18-8-6-14(7-9-18)13-4-2-1-3-5-13/h1-9,15-17H,10-12H2,(H,20,21). The molecule has 0 spiro atoms. The van der Waals surface area contributed by atoms with Gasteiger partial charge in [0.15, 0.2) is 0 Å². The van der Waals surface area contributed by atoms with Gasteiger partial charge in [-0.25, -0.2) is 0 Å². The molecule has 21 heavy (non-hydrogen) atoms. The van der Waals surface area contributed by atoms with Gasteiger partial charge in [-0.1, -0.05) is 42.5 Å². The summed E-state index contributed by atoms with van der Waals surface area (Å²) >= 11 is 0. The van der Waals surface area contributed by atoms with E-state index in [1.54, 1.807) is 0 Å². The normalized spacial score (nSPS) is 26.2. The van der Waals surface area contributed by atoms with Gasteiger partial charge >= 0.3 is 0 Å². The predicted molar refractivity (Wildman–Crippen MR) is 84.8 cm³/mol. The highest BCUT2D eigenvalue weighted by molar-refractivity contribution is 5.93. The smallest absolute Gasteiger partial charge is 0.227 e. The lowest BCUT2D eigenvalue weighted by molar-refractivity contribution is -0.120. The van der Waals surface area contributed by atoms with E-state index in [0.717, 1.165) is 30.4 Å². The van der Waals surface area contributed by atoms with E-state index in [0.29, 0.717) is 0 Å². The van der Waals surface area contributed by atoms with Crippen molar-refractivity contribution in [3.8, 4) is 11.1 Å². The van der Waals surface area contributed by atoms with Crippen LogP contribution in [0.2, 0.25) is 0 Å². The summed E-state index contributed by atoms with van der Waals surface area (Å²) in [4.78, 5) is 12.2. The van der Waals surface area contributed by atoms with E-state index < -0.39 is 0 Å². The second kappa shape index (κ2) is 5.03. The largest absolute Gasteiger partial charge is 0.326 e. The molecule has 2 aromatic rings. The maximum atomic E-state index is 12.2. The summed E-state index contributed by atoms with van der Waals surface area (Å²) in [7, 11) is 0. The molecule has 4 rings (SSSR count). The summed E-state index contributed by atoms with van der Waals surface area (Å²) in [5.41, 5.74) is 3.28. The van der Waals surface area contributed by atoms with Crippen LogP contribution < -0.4 is 5.32 Å². The Labute approximate surface area is 125 Å². The van der Waals surface area contributed by atoms with E-state index in [9.17, 15) is 4.79 Å². The van der Waals surface area contributed by atoms with Crippen LogP contribution in [-0.4, -0.2) is 5.91 Å². The molecule has 2 aliphatic carbocycles. The van der Waals surface area contributed by atoms with E-state index in [1.165, 1.54) is 17.5 Å². The lowest BCUT2D eigenvalue weighted by atomic mass is 10.0. The Morgan fingerprint density at radius 1 is 0.810 bits per heavy atom. The first kappa shape index (κ1) is 12.6. The zero-order chi connectivity index (χ0) is 14.2. The lowest BCUT2D eigenvalue weighted by Gasteiger charge is -2.12. The molecule has 2 fully saturated rings. The summed E-state index contributed by atoms with van der Waals surface area (Å²) in [6.45, 7) is 0. The van der Waals surface area contributed by atoms with Crippen LogP contribution in [0, 0.1) is 17.8 Å². The van der Waals surface area contributed by atoms with E-state index >= 15 is 0 Å². The molecule has 0 heterocycles. The summed E-state index contributed by atoms with van der Waals surface area (Å²) in [5, 5.41) is 3.06. The van der Waals surface area contributed by atoms with Crippen molar-refractivity contribution in [3.63, 3.8) is 0 Å². The average Bonchev–Trinajstić information content (AvgIpc) is 3.15. The van der Waals surface area contributed by atoms with Crippen LogP contribution in [-0.2, 0) is 4.79 Å². The van der Waals surface area contributed by atoms with Crippen LogP contribution in [0.5, 0.6) is 0 Å². The molecule has 0 saturated heterocycles. The molecule has 1 amide bonds. The van der Waals surface area contributed by atoms with Gasteiger partial charge in [0.05, 0.1) is 0 Å². The van der Waals surface area contributed by atoms with E-state index in [2.05, 4.69) is 29.6 Å². The molecule has 106 valence electrons. The second-order valence-electron chi connectivity index (χ2n) is 6.36. The Hall–Kier alpha value is -2.09. The Morgan fingerprint density at radius 2 is 1.43 bits per heavy atom. The minimum atomic E-state index is 0.203. The van der Waals surface area contributed by atoms with Gasteiger partial charge in [0, 0.05) is 11.6 Å².